The molecule has 3 rings (SSSR count). The number of aryl methyl sites for hydroxylation is 2. The first-order chi connectivity index (χ1) is 10.2. The third kappa shape index (κ3) is 2.72. The molecule has 2 aromatic rings. The number of nitrogens with zero attached hydrogens (tertiary/aromatic N) is 2. The third-order valence-corrected chi connectivity index (χ3v) is 4.91. The summed E-state index contributed by atoms with van der Waals surface area (Å²) in [6.45, 7) is 2.26. The SMILES string of the molecule is CCCOC(=O)Cn1cnc2sc3c(c2c1=O)CCCC3. The van der Waals surface area contributed by atoms with Crippen LogP contribution in [0.25, 0.3) is 10.2 Å². The Bertz CT molecular complexity index is 732. The zero-order chi connectivity index (χ0) is 14.8. The van der Waals surface area contributed by atoms with Crippen LogP contribution < -0.4 is 5.56 Å². The lowest BCUT2D eigenvalue weighted by Crippen LogP contribution is -2.26. The van der Waals surface area contributed by atoms with Crippen molar-refractivity contribution < 1.29 is 9.53 Å². The lowest BCUT2D eigenvalue weighted by atomic mass is 9.97. The number of hydrogen-bond acceptors (Lipinski definition) is 5. The number of carbonyl (C=O) groups excluding carboxylic acids is 1. The Morgan fingerprint density at radius 1 is 1.43 bits per heavy atom. The molecule has 0 radical (unpaired) electrons. The molecule has 0 saturated carbocycles. The van der Waals surface area contributed by atoms with E-state index >= 15 is 0 Å². The van der Waals surface area contributed by atoms with Crippen LogP contribution in [0.2, 0.25) is 0 Å². The number of fused-ring (bicyclic) bond motifs is 3. The van der Waals surface area contributed by atoms with Gasteiger partial charge in [-0.1, -0.05) is 6.92 Å². The van der Waals surface area contributed by atoms with E-state index in [0.29, 0.717) is 12.0 Å². The van der Waals surface area contributed by atoms with Crippen LogP contribution in [0.3, 0.4) is 0 Å². The third-order valence-electron chi connectivity index (χ3n) is 3.71. The molecule has 112 valence electrons. The van der Waals surface area contributed by atoms with E-state index in [1.165, 1.54) is 22.2 Å². The smallest absolute Gasteiger partial charge is 0.326 e. The van der Waals surface area contributed by atoms with Crippen LogP contribution in [0.5, 0.6) is 0 Å². The summed E-state index contributed by atoms with van der Waals surface area (Å²) in [7, 11) is 0. The van der Waals surface area contributed by atoms with Crippen molar-refractivity contribution in [2.24, 2.45) is 0 Å². The molecule has 0 unspecified atom stereocenters. The van der Waals surface area contributed by atoms with Crippen molar-refractivity contribution >= 4 is 27.5 Å². The minimum Gasteiger partial charge on any atom is -0.464 e. The van der Waals surface area contributed by atoms with Crippen molar-refractivity contribution in [1.82, 2.24) is 9.55 Å². The van der Waals surface area contributed by atoms with Crippen LogP contribution in [0.15, 0.2) is 11.1 Å². The standard InChI is InChI=1S/C15H18N2O3S/c1-2-7-20-12(18)8-17-9-16-14-13(15(17)19)10-5-3-4-6-11(10)21-14/h9H,2-8H2,1H3. The first-order valence-electron chi connectivity index (χ1n) is 7.36. The first kappa shape index (κ1) is 14.3. The predicted molar refractivity (Wildman–Crippen MR) is 81.8 cm³/mol. The highest BCUT2D eigenvalue weighted by molar-refractivity contribution is 7.18. The second-order valence-electron chi connectivity index (χ2n) is 5.29. The van der Waals surface area contributed by atoms with Crippen LogP contribution in [-0.2, 0) is 28.9 Å². The normalized spacial score (nSPS) is 14.1. The van der Waals surface area contributed by atoms with Crippen molar-refractivity contribution in [1.29, 1.82) is 0 Å². The molecule has 0 spiro atoms. The fourth-order valence-electron chi connectivity index (χ4n) is 2.69. The Kier molecular flexibility index (Phi) is 4.05. The maximum atomic E-state index is 12.6. The molecule has 0 aromatic carbocycles. The summed E-state index contributed by atoms with van der Waals surface area (Å²) in [5.41, 5.74) is 1.03. The monoisotopic (exact) mass is 306 g/mol. The van der Waals surface area contributed by atoms with Crippen molar-refractivity contribution in [3.8, 4) is 0 Å². The number of hydrogen-bond donors (Lipinski definition) is 0. The molecule has 21 heavy (non-hydrogen) atoms. The van der Waals surface area contributed by atoms with Gasteiger partial charge in [0.05, 0.1) is 18.3 Å². The summed E-state index contributed by atoms with van der Waals surface area (Å²) in [5, 5.41) is 0.709. The average molecular weight is 306 g/mol. The molecule has 1 aliphatic carbocycles. The van der Waals surface area contributed by atoms with Gasteiger partial charge in [-0.3, -0.25) is 14.2 Å². The van der Waals surface area contributed by atoms with Gasteiger partial charge in [-0.2, -0.15) is 0 Å². The van der Waals surface area contributed by atoms with Crippen molar-refractivity contribution in [3.05, 3.63) is 27.1 Å². The molecule has 0 atom stereocenters. The summed E-state index contributed by atoms with van der Waals surface area (Å²) in [6, 6.07) is 0. The Morgan fingerprint density at radius 2 is 2.24 bits per heavy atom. The Labute approximate surface area is 126 Å². The van der Waals surface area contributed by atoms with Gasteiger partial charge < -0.3 is 4.74 Å². The highest BCUT2D eigenvalue weighted by Crippen LogP contribution is 2.33. The molecule has 0 saturated heterocycles. The number of ether oxygens (including phenoxy) is 1. The van der Waals surface area contributed by atoms with Gasteiger partial charge in [-0.15, -0.1) is 11.3 Å². The van der Waals surface area contributed by atoms with Gasteiger partial charge in [-0.25, -0.2) is 4.98 Å². The van der Waals surface area contributed by atoms with E-state index in [0.717, 1.165) is 36.1 Å². The van der Waals surface area contributed by atoms with Gasteiger partial charge in [0.15, 0.2) is 0 Å². The van der Waals surface area contributed by atoms with Crippen LogP contribution in [0.4, 0.5) is 0 Å². The summed E-state index contributed by atoms with van der Waals surface area (Å²) < 4.78 is 6.40. The topological polar surface area (TPSA) is 61.2 Å². The van der Waals surface area contributed by atoms with E-state index in [4.69, 9.17) is 4.74 Å². The van der Waals surface area contributed by atoms with Gasteiger partial charge in [0.25, 0.3) is 5.56 Å². The van der Waals surface area contributed by atoms with Gasteiger partial charge >= 0.3 is 5.97 Å². The summed E-state index contributed by atoms with van der Waals surface area (Å²) in [4.78, 5) is 30.7. The summed E-state index contributed by atoms with van der Waals surface area (Å²) >= 11 is 1.61. The fraction of sp³-hybridized carbons (Fsp3) is 0.533. The molecule has 0 aliphatic heterocycles. The minimum absolute atomic E-state index is 0.0631. The molecule has 0 N–H and O–H groups in total. The highest BCUT2D eigenvalue weighted by atomic mass is 32.1. The van der Waals surface area contributed by atoms with Crippen LogP contribution >= 0.6 is 11.3 Å². The van der Waals surface area contributed by atoms with E-state index < -0.39 is 0 Å². The zero-order valence-electron chi connectivity index (χ0n) is 12.1. The van der Waals surface area contributed by atoms with Crippen molar-refractivity contribution in [2.45, 2.75) is 45.6 Å². The Hall–Kier alpha value is -1.69. The maximum absolute atomic E-state index is 12.6. The number of aromatic nitrogens is 2. The molecule has 0 fully saturated rings. The number of thiophene rings is 1. The van der Waals surface area contributed by atoms with Crippen LogP contribution in [-0.4, -0.2) is 22.1 Å². The molecule has 2 heterocycles. The lowest BCUT2D eigenvalue weighted by molar-refractivity contribution is -0.144. The molecule has 1 aliphatic rings. The average Bonchev–Trinajstić information content (AvgIpc) is 2.87. The van der Waals surface area contributed by atoms with E-state index in [1.54, 1.807) is 11.3 Å². The summed E-state index contributed by atoms with van der Waals surface area (Å²) in [5.74, 6) is -0.385. The molecule has 0 bridgehead atoms. The lowest BCUT2D eigenvalue weighted by Gasteiger charge is -2.10. The maximum Gasteiger partial charge on any atom is 0.326 e. The second-order valence-corrected chi connectivity index (χ2v) is 6.37. The van der Waals surface area contributed by atoms with E-state index in [-0.39, 0.29) is 18.1 Å². The van der Waals surface area contributed by atoms with Crippen LogP contribution in [0, 0.1) is 0 Å². The second kappa shape index (κ2) is 5.97. The number of esters is 1. The van der Waals surface area contributed by atoms with Crippen molar-refractivity contribution in [3.63, 3.8) is 0 Å². The number of rotatable bonds is 4. The van der Waals surface area contributed by atoms with Gasteiger partial charge in [0, 0.05) is 4.88 Å². The summed E-state index contributed by atoms with van der Waals surface area (Å²) in [6.07, 6.45) is 6.50. The Balaban J connectivity index is 1.96. The van der Waals surface area contributed by atoms with Crippen molar-refractivity contribution in [2.75, 3.05) is 6.61 Å². The first-order valence-corrected chi connectivity index (χ1v) is 8.17. The molecular weight excluding hydrogens is 288 g/mol. The minimum atomic E-state index is -0.385. The zero-order valence-corrected chi connectivity index (χ0v) is 12.9. The van der Waals surface area contributed by atoms with E-state index in [9.17, 15) is 9.59 Å². The fourth-order valence-corrected chi connectivity index (χ4v) is 3.91. The molecule has 6 heteroatoms. The van der Waals surface area contributed by atoms with Gasteiger partial charge in [0.2, 0.25) is 0 Å². The number of carbonyl (C=O) groups is 1. The molecule has 2 aromatic heterocycles. The van der Waals surface area contributed by atoms with E-state index in [2.05, 4.69) is 4.98 Å². The highest BCUT2D eigenvalue weighted by Gasteiger charge is 2.20. The Morgan fingerprint density at radius 3 is 3.05 bits per heavy atom. The predicted octanol–water partition coefficient (Wildman–Crippen LogP) is 2.29. The quantitative estimate of drug-likeness (QED) is 0.813. The largest absolute Gasteiger partial charge is 0.464 e. The van der Waals surface area contributed by atoms with Gasteiger partial charge in [0.1, 0.15) is 11.4 Å². The molecular formula is C15H18N2O3S. The molecule has 5 nitrogen and oxygen atoms in total. The molecule has 0 amide bonds. The van der Waals surface area contributed by atoms with Crippen LogP contribution in [0.1, 0.15) is 36.6 Å². The van der Waals surface area contributed by atoms with E-state index in [1.807, 2.05) is 6.92 Å². The van der Waals surface area contributed by atoms with Gasteiger partial charge in [-0.05, 0) is 37.7 Å².